The van der Waals surface area contributed by atoms with Crippen LogP contribution in [0.3, 0.4) is 0 Å². The fourth-order valence-electron chi connectivity index (χ4n) is 1.77. The van der Waals surface area contributed by atoms with E-state index in [-0.39, 0.29) is 0 Å². The molecular weight excluding hydrogens is 210 g/mol. The summed E-state index contributed by atoms with van der Waals surface area (Å²) in [5.74, 6) is 0. The summed E-state index contributed by atoms with van der Waals surface area (Å²) in [6.45, 7) is 5.96. The zero-order chi connectivity index (χ0) is 12.1. The summed E-state index contributed by atoms with van der Waals surface area (Å²) >= 11 is 0. The molecule has 1 aliphatic rings. The molecule has 1 N–H and O–H groups in total. The van der Waals surface area contributed by atoms with Gasteiger partial charge in [0, 0.05) is 6.04 Å². The van der Waals surface area contributed by atoms with Crippen LogP contribution < -0.4 is 5.32 Å². The van der Waals surface area contributed by atoms with Crippen molar-refractivity contribution in [3.05, 3.63) is 35.4 Å². The molecule has 0 aliphatic heterocycles. The molecule has 1 aromatic rings. The first-order chi connectivity index (χ1) is 8.24. The van der Waals surface area contributed by atoms with Crippen LogP contribution >= 0.6 is 0 Å². The Kier molecular flexibility index (Phi) is 4.57. The average molecular weight is 233 g/mol. The standard InChI is InChI=1S/C15H23NO/c1-12(2)17-11-14-5-3-13(4-6-14)9-10-16-15-7-8-15/h3-6,12,15-16H,7-11H2,1-2H3. The highest BCUT2D eigenvalue weighted by Gasteiger charge is 2.19. The second-order valence-electron chi connectivity index (χ2n) is 5.15. The molecule has 1 aliphatic carbocycles. The lowest BCUT2D eigenvalue weighted by Crippen LogP contribution is -2.19. The summed E-state index contributed by atoms with van der Waals surface area (Å²) in [5.41, 5.74) is 2.67. The molecule has 1 aromatic carbocycles. The van der Waals surface area contributed by atoms with Gasteiger partial charge in [0.25, 0.3) is 0 Å². The molecular formula is C15H23NO. The summed E-state index contributed by atoms with van der Waals surface area (Å²) in [6, 6.07) is 9.60. The second kappa shape index (κ2) is 6.18. The Morgan fingerprint density at radius 3 is 2.41 bits per heavy atom. The largest absolute Gasteiger partial charge is 0.374 e. The van der Waals surface area contributed by atoms with Gasteiger partial charge in [0.05, 0.1) is 12.7 Å². The van der Waals surface area contributed by atoms with Gasteiger partial charge in [0.1, 0.15) is 0 Å². The number of rotatable bonds is 7. The molecule has 2 heteroatoms. The Morgan fingerprint density at radius 1 is 1.18 bits per heavy atom. The van der Waals surface area contributed by atoms with Gasteiger partial charge >= 0.3 is 0 Å². The minimum atomic E-state index is 0.303. The van der Waals surface area contributed by atoms with Gasteiger partial charge in [-0.15, -0.1) is 0 Å². The van der Waals surface area contributed by atoms with Crippen LogP contribution in [0.4, 0.5) is 0 Å². The maximum Gasteiger partial charge on any atom is 0.0720 e. The van der Waals surface area contributed by atoms with E-state index >= 15 is 0 Å². The number of ether oxygens (including phenoxy) is 1. The van der Waals surface area contributed by atoms with E-state index in [0.29, 0.717) is 6.10 Å². The Morgan fingerprint density at radius 2 is 1.82 bits per heavy atom. The summed E-state index contributed by atoms with van der Waals surface area (Å²) < 4.78 is 5.58. The molecule has 17 heavy (non-hydrogen) atoms. The Labute approximate surface area is 104 Å². The number of benzene rings is 1. The molecule has 2 rings (SSSR count). The molecule has 0 amide bonds. The summed E-state index contributed by atoms with van der Waals surface area (Å²) in [4.78, 5) is 0. The lowest BCUT2D eigenvalue weighted by molar-refractivity contribution is 0.0657. The molecule has 1 fully saturated rings. The van der Waals surface area contributed by atoms with Crippen molar-refractivity contribution in [3.63, 3.8) is 0 Å². The van der Waals surface area contributed by atoms with Gasteiger partial charge in [-0.05, 0) is 50.8 Å². The molecule has 0 bridgehead atoms. The third-order valence-electron chi connectivity index (χ3n) is 3.03. The van der Waals surface area contributed by atoms with Gasteiger partial charge in [0.2, 0.25) is 0 Å². The van der Waals surface area contributed by atoms with Crippen LogP contribution in [0.15, 0.2) is 24.3 Å². The van der Waals surface area contributed by atoms with Crippen molar-refractivity contribution in [1.82, 2.24) is 5.32 Å². The summed E-state index contributed by atoms with van der Waals surface area (Å²) in [5, 5.41) is 3.54. The zero-order valence-electron chi connectivity index (χ0n) is 10.9. The molecule has 0 aromatic heterocycles. The maximum atomic E-state index is 5.58. The van der Waals surface area contributed by atoms with Gasteiger partial charge < -0.3 is 10.1 Å². The van der Waals surface area contributed by atoms with E-state index in [1.807, 2.05) is 0 Å². The first-order valence-corrected chi connectivity index (χ1v) is 6.67. The monoisotopic (exact) mass is 233 g/mol. The quantitative estimate of drug-likeness (QED) is 0.782. The highest BCUT2D eigenvalue weighted by Crippen LogP contribution is 2.18. The van der Waals surface area contributed by atoms with Gasteiger partial charge in [-0.3, -0.25) is 0 Å². The lowest BCUT2D eigenvalue weighted by atomic mass is 10.1. The van der Waals surface area contributed by atoms with Crippen molar-refractivity contribution in [3.8, 4) is 0 Å². The molecule has 2 nitrogen and oxygen atoms in total. The molecule has 0 saturated heterocycles. The fraction of sp³-hybridized carbons (Fsp3) is 0.600. The topological polar surface area (TPSA) is 21.3 Å². The van der Waals surface area contributed by atoms with Crippen LogP contribution in [0, 0.1) is 0 Å². The highest BCUT2D eigenvalue weighted by molar-refractivity contribution is 5.22. The first kappa shape index (κ1) is 12.6. The number of hydrogen-bond acceptors (Lipinski definition) is 2. The van der Waals surface area contributed by atoms with E-state index in [1.165, 1.54) is 24.0 Å². The van der Waals surface area contributed by atoms with E-state index in [0.717, 1.165) is 25.6 Å². The van der Waals surface area contributed by atoms with Crippen LogP contribution in [0.1, 0.15) is 37.8 Å². The molecule has 0 atom stereocenters. The Balaban J connectivity index is 1.71. The van der Waals surface area contributed by atoms with Gasteiger partial charge in [-0.2, -0.15) is 0 Å². The predicted octanol–water partition coefficient (Wildman–Crippen LogP) is 2.91. The van der Waals surface area contributed by atoms with Crippen molar-refractivity contribution in [2.75, 3.05) is 6.54 Å². The summed E-state index contributed by atoms with van der Waals surface area (Å²) in [6.07, 6.45) is 4.16. The van der Waals surface area contributed by atoms with Crippen LogP contribution in [-0.4, -0.2) is 18.7 Å². The minimum absolute atomic E-state index is 0.303. The van der Waals surface area contributed by atoms with Gasteiger partial charge in [-0.1, -0.05) is 24.3 Å². The van der Waals surface area contributed by atoms with Gasteiger partial charge in [-0.25, -0.2) is 0 Å². The van der Waals surface area contributed by atoms with Gasteiger partial charge in [0.15, 0.2) is 0 Å². The SMILES string of the molecule is CC(C)OCc1ccc(CCNC2CC2)cc1. The Hall–Kier alpha value is -0.860. The third-order valence-corrected chi connectivity index (χ3v) is 3.03. The minimum Gasteiger partial charge on any atom is -0.374 e. The molecule has 0 radical (unpaired) electrons. The van der Waals surface area contributed by atoms with Crippen LogP contribution in [0.25, 0.3) is 0 Å². The van der Waals surface area contributed by atoms with Crippen molar-refractivity contribution < 1.29 is 4.74 Å². The molecule has 0 heterocycles. The third kappa shape index (κ3) is 4.88. The van der Waals surface area contributed by atoms with E-state index in [9.17, 15) is 0 Å². The normalized spacial score (nSPS) is 15.5. The number of hydrogen-bond donors (Lipinski definition) is 1. The molecule has 0 spiro atoms. The zero-order valence-corrected chi connectivity index (χ0v) is 10.9. The van der Waals surface area contributed by atoms with E-state index in [4.69, 9.17) is 4.74 Å². The van der Waals surface area contributed by atoms with Crippen molar-refractivity contribution in [2.24, 2.45) is 0 Å². The van der Waals surface area contributed by atoms with E-state index in [2.05, 4.69) is 43.4 Å². The van der Waals surface area contributed by atoms with Crippen molar-refractivity contribution in [2.45, 2.75) is 51.9 Å². The summed E-state index contributed by atoms with van der Waals surface area (Å²) in [7, 11) is 0. The van der Waals surface area contributed by atoms with Crippen LogP contribution in [-0.2, 0) is 17.8 Å². The smallest absolute Gasteiger partial charge is 0.0720 e. The maximum absolute atomic E-state index is 5.58. The molecule has 0 unspecified atom stereocenters. The average Bonchev–Trinajstić information content (AvgIpc) is 3.12. The Bertz CT molecular complexity index is 327. The van der Waals surface area contributed by atoms with Crippen LogP contribution in [0.2, 0.25) is 0 Å². The fourth-order valence-corrected chi connectivity index (χ4v) is 1.77. The van der Waals surface area contributed by atoms with Crippen molar-refractivity contribution >= 4 is 0 Å². The number of nitrogens with one attached hydrogen (secondary N) is 1. The molecule has 1 saturated carbocycles. The second-order valence-corrected chi connectivity index (χ2v) is 5.15. The van der Waals surface area contributed by atoms with E-state index in [1.54, 1.807) is 0 Å². The first-order valence-electron chi connectivity index (χ1n) is 6.67. The van der Waals surface area contributed by atoms with E-state index < -0.39 is 0 Å². The molecule has 94 valence electrons. The lowest BCUT2D eigenvalue weighted by Gasteiger charge is -2.08. The van der Waals surface area contributed by atoms with Crippen molar-refractivity contribution in [1.29, 1.82) is 0 Å². The van der Waals surface area contributed by atoms with Crippen LogP contribution in [0.5, 0.6) is 0 Å². The highest BCUT2D eigenvalue weighted by atomic mass is 16.5. The predicted molar refractivity (Wildman–Crippen MR) is 71.1 cm³/mol.